The van der Waals surface area contributed by atoms with E-state index in [1.807, 2.05) is 30.3 Å². The van der Waals surface area contributed by atoms with E-state index in [2.05, 4.69) is 12.2 Å². The van der Waals surface area contributed by atoms with Gasteiger partial charge in [-0.25, -0.2) is 4.79 Å². The molecule has 1 saturated heterocycles. The topological polar surface area (TPSA) is 58.6 Å². The maximum atomic E-state index is 12.7. The fourth-order valence-corrected chi connectivity index (χ4v) is 3.57. The molecular weight excluding hydrogens is 292 g/mol. The molecule has 1 aromatic carbocycles. The molecule has 2 fully saturated rings. The third-order valence-corrected chi connectivity index (χ3v) is 5.11. The van der Waals surface area contributed by atoms with Crippen LogP contribution in [-0.4, -0.2) is 35.5 Å². The second-order valence-electron chi connectivity index (χ2n) is 6.48. The Morgan fingerprint density at radius 1 is 1.22 bits per heavy atom. The van der Waals surface area contributed by atoms with Gasteiger partial charge in [0.15, 0.2) is 0 Å². The summed E-state index contributed by atoms with van der Waals surface area (Å²) < 4.78 is 5.60. The molecule has 0 radical (unpaired) electrons. The normalized spacial score (nSPS) is 27.3. The molecule has 5 nitrogen and oxygen atoms in total. The van der Waals surface area contributed by atoms with Crippen LogP contribution in [0.1, 0.15) is 39.0 Å². The number of carbonyl (C=O) groups is 2. The highest BCUT2D eigenvalue weighted by molar-refractivity contribution is 6.07. The van der Waals surface area contributed by atoms with Crippen LogP contribution in [0.2, 0.25) is 0 Å². The van der Waals surface area contributed by atoms with Gasteiger partial charge in [-0.15, -0.1) is 0 Å². The van der Waals surface area contributed by atoms with E-state index < -0.39 is 5.54 Å². The first-order chi connectivity index (χ1) is 11.1. The Labute approximate surface area is 137 Å². The monoisotopic (exact) mass is 316 g/mol. The fourth-order valence-electron chi connectivity index (χ4n) is 3.57. The molecule has 1 aromatic rings. The van der Waals surface area contributed by atoms with E-state index in [1.165, 1.54) is 4.90 Å². The van der Waals surface area contributed by atoms with Gasteiger partial charge in [0.2, 0.25) is 0 Å². The number of para-hydroxylation sites is 1. The van der Waals surface area contributed by atoms with E-state index in [0.29, 0.717) is 19.1 Å². The summed E-state index contributed by atoms with van der Waals surface area (Å²) in [5.41, 5.74) is -0.657. The second kappa shape index (κ2) is 6.60. The maximum absolute atomic E-state index is 12.7. The van der Waals surface area contributed by atoms with Crippen molar-refractivity contribution in [3.8, 4) is 5.75 Å². The van der Waals surface area contributed by atoms with E-state index in [-0.39, 0.29) is 11.9 Å². The first-order valence-corrected chi connectivity index (χ1v) is 8.46. The van der Waals surface area contributed by atoms with Crippen LogP contribution < -0.4 is 10.1 Å². The van der Waals surface area contributed by atoms with Crippen LogP contribution in [0, 0.1) is 5.92 Å². The summed E-state index contributed by atoms with van der Waals surface area (Å²) in [6.45, 7) is 2.79. The van der Waals surface area contributed by atoms with Gasteiger partial charge in [0.1, 0.15) is 17.9 Å². The molecule has 1 spiro atoms. The number of nitrogens with one attached hydrogen (secondary N) is 1. The highest BCUT2D eigenvalue weighted by atomic mass is 16.5. The molecule has 0 unspecified atom stereocenters. The van der Waals surface area contributed by atoms with Crippen LogP contribution in [0.25, 0.3) is 0 Å². The zero-order valence-electron chi connectivity index (χ0n) is 13.6. The number of carbonyl (C=O) groups excluding carboxylic acids is 2. The third kappa shape index (κ3) is 3.19. The van der Waals surface area contributed by atoms with Gasteiger partial charge >= 0.3 is 6.03 Å². The first kappa shape index (κ1) is 15.8. The lowest BCUT2D eigenvalue weighted by Gasteiger charge is -2.34. The quantitative estimate of drug-likeness (QED) is 0.850. The molecule has 0 bridgehead atoms. The van der Waals surface area contributed by atoms with Crippen molar-refractivity contribution < 1.29 is 14.3 Å². The van der Waals surface area contributed by atoms with Crippen molar-refractivity contribution in [2.45, 2.75) is 44.6 Å². The number of ether oxygens (including phenoxy) is 1. The zero-order valence-corrected chi connectivity index (χ0v) is 13.6. The number of hydrogen-bond acceptors (Lipinski definition) is 3. The smallest absolute Gasteiger partial charge is 0.325 e. The molecule has 1 N–H and O–H groups in total. The highest BCUT2D eigenvalue weighted by Crippen LogP contribution is 2.37. The van der Waals surface area contributed by atoms with Crippen LogP contribution in [0.4, 0.5) is 4.79 Å². The average Bonchev–Trinajstić information content (AvgIpc) is 2.81. The second-order valence-corrected chi connectivity index (χ2v) is 6.48. The molecule has 0 aromatic heterocycles. The molecule has 124 valence electrons. The number of rotatable bonds is 5. The van der Waals surface area contributed by atoms with Gasteiger partial charge in [-0.1, -0.05) is 31.5 Å². The first-order valence-electron chi connectivity index (χ1n) is 8.46. The van der Waals surface area contributed by atoms with Crippen molar-refractivity contribution in [1.82, 2.24) is 10.2 Å². The molecular formula is C18H24N2O3. The zero-order chi connectivity index (χ0) is 16.3. The summed E-state index contributed by atoms with van der Waals surface area (Å²) in [4.78, 5) is 26.2. The largest absolute Gasteiger partial charge is 0.492 e. The van der Waals surface area contributed by atoms with Gasteiger partial charge in [-0.3, -0.25) is 9.69 Å². The van der Waals surface area contributed by atoms with Gasteiger partial charge in [0.05, 0.1) is 6.54 Å². The Morgan fingerprint density at radius 2 is 1.91 bits per heavy atom. The summed E-state index contributed by atoms with van der Waals surface area (Å²) in [6.07, 6.45) is 4.68. The van der Waals surface area contributed by atoms with Crippen molar-refractivity contribution in [1.29, 1.82) is 0 Å². The molecule has 1 aliphatic carbocycles. The molecule has 1 heterocycles. The van der Waals surface area contributed by atoms with Crippen molar-refractivity contribution in [3.05, 3.63) is 30.3 Å². The van der Waals surface area contributed by atoms with E-state index in [0.717, 1.165) is 37.9 Å². The Kier molecular flexibility index (Phi) is 4.55. The van der Waals surface area contributed by atoms with E-state index in [9.17, 15) is 9.59 Å². The van der Waals surface area contributed by atoms with Gasteiger partial charge in [-0.05, 0) is 43.7 Å². The Balaban J connectivity index is 1.56. The van der Waals surface area contributed by atoms with Crippen molar-refractivity contribution in [2.75, 3.05) is 13.2 Å². The molecule has 0 atom stereocenters. The van der Waals surface area contributed by atoms with Crippen molar-refractivity contribution in [2.24, 2.45) is 5.92 Å². The van der Waals surface area contributed by atoms with Gasteiger partial charge < -0.3 is 10.1 Å². The molecule has 2 aliphatic rings. The lowest BCUT2D eigenvalue weighted by molar-refractivity contribution is -0.133. The van der Waals surface area contributed by atoms with Crippen LogP contribution in [0.3, 0.4) is 0 Å². The Hall–Kier alpha value is -2.04. The molecule has 23 heavy (non-hydrogen) atoms. The lowest BCUT2D eigenvalue weighted by Crippen LogP contribution is -2.49. The number of amides is 3. The Morgan fingerprint density at radius 3 is 2.57 bits per heavy atom. The van der Waals surface area contributed by atoms with Crippen LogP contribution in [0.15, 0.2) is 30.3 Å². The van der Waals surface area contributed by atoms with Crippen molar-refractivity contribution >= 4 is 11.9 Å². The summed E-state index contributed by atoms with van der Waals surface area (Å²) in [6, 6.07) is 9.15. The molecule has 1 aliphatic heterocycles. The van der Waals surface area contributed by atoms with Crippen molar-refractivity contribution in [3.63, 3.8) is 0 Å². The predicted octanol–water partition coefficient (Wildman–Crippen LogP) is 2.96. The van der Waals surface area contributed by atoms with E-state index in [4.69, 9.17) is 4.74 Å². The number of nitrogens with zero attached hydrogens (tertiary/aromatic N) is 1. The van der Waals surface area contributed by atoms with E-state index in [1.54, 1.807) is 0 Å². The molecule has 5 heteroatoms. The van der Waals surface area contributed by atoms with E-state index >= 15 is 0 Å². The van der Waals surface area contributed by atoms with Crippen LogP contribution in [-0.2, 0) is 4.79 Å². The number of imide groups is 1. The Bertz CT molecular complexity index is 565. The summed E-state index contributed by atoms with van der Waals surface area (Å²) in [7, 11) is 0. The summed E-state index contributed by atoms with van der Waals surface area (Å²) >= 11 is 0. The summed E-state index contributed by atoms with van der Waals surface area (Å²) in [5, 5.41) is 2.94. The van der Waals surface area contributed by atoms with Crippen LogP contribution >= 0.6 is 0 Å². The average molecular weight is 316 g/mol. The van der Waals surface area contributed by atoms with Crippen LogP contribution in [0.5, 0.6) is 5.75 Å². The van der Waals surface area contributed by atoms with Gasteiger partial charge in [0.25, 0.3) is 5.91 Å². The molecule has 1 saturated carbocycles. The third-order valence-electron chi connectivity index (χ3n) is 5.11. The minimum absolute atomic E-state index is 0.0753. The highest BCUT2D eigenvalue weighted by Gasteiger charge is 2.51. The number of benzene rings is 1. The SMILES string of the molecule is CCC1CCC2(CC1)NC(=O)N(CCOc1ccccc1)C2=O. The lowest BCUT2D eigenvalue weighted by atomic mass is 9.75. The number of urea groups is 1. The minimum atomic E-state index is -0.657. The van der Waals surface area contributed by atoms with Gasteiger partial charge in [-0.2, -0.15) is 0 Å². The molecule has 3 amide bonds. The molecule has 3 rings (SSSR count). The standard InChI is InChI=1S/C18H24N2O3/c1-2-14-8-10-18(11-9-14)16(21)20(17(22)19-18)12-13-23-15-6-4-3-5-7-15/h3-7,14H,2,8-13H2,1H3,(H,19,22). The number of hydrogen-bond donors (Lipinski definition) is 1. The summed E-state index contributed by atoms with van der Waals surface area (Å²) in [5.74, 6) is 1.35. The maximum Gasteiger partial charge on any atom is 0.325 e. The fraction of sp³-hybridized carbons (Fsp3) is 0.556. The predicted molar refractivity (Wildman–Crippen MR) is 87.2 cm³/mol. The van der Waals surface area contributed by atoms with Gasteiger partial charge in [0, 0.05) is 0 Å². The minimum Gasteiger partial charge on any atom is -0.492 e.